The van der Waals surface area contributed by atoms with E-state index in [0.29, 0.717) is 17.8 Å². The number of nitrogens with zero attached hydrogens (tertiary/aromatic N) is 3. The second kappa shape index (κ2) is 5.82. The van der Waals surface area contributed by atoms with E-state index in [0.717, 1.165) is 29.8 Å². The van der Waals surface area contributed by atoms with E-state index in [4.69, 9.17) is 16.6 Å². The van der Waals surface area contributed by atoms with Gasteiger partial charge in [-0.15, -0.1) is 11.6 Å². The van der Waals surface area contributed by atoms with Crippen molar-refractivity contribution in [2.45, 2.75) is 18.8 Å². The first-order valence-electron chi connectivity index (χ1n) is 7.46. The molecule has 0 bridgehead atoms. The van der Waals surface area contributed by atoms with Gasteiger partial charge in [-0.25, -0.2) is 4.98 Å². The number of pyridine rings is 1. The number of alkyl halides is 1. The van der Waals surface area contributed by atoms with Crippen molar-refractivity contribution in [3.05, 3.63) is 35.9 Å². The predicted octanol–water partition coefficient (Wildman–Crippen LogP) is 3.36. The Kier molecular flexibility index (Phi) is 4.05. The van der Waals surface area contributed by atoms with Crippen LogP contribution < -0.4 is 4.90 Å². The van der Waals surface area contributed by atoms with E-state index in [1.807, 2.05) is 12.1 Å². The fourth-order valence-corrected chi connectivity index (χ4v) is 3.53. The summed E-state index contributed by atoms with van der Waals surface area (Å²) in [6.45, 7) is 4.39. The summed E-state index contributed by atoms with van der Waals surface area (Å²) < 4.78 is 0. The molecule has 0 radical (unpaired) electrons. The van der Waals surface area contributed by atoms with Crippen LogP contribution in [0.2, 0.25) is 0 Å². The van der Waals surface area contributed by atoms with E-state index < -0.39 is 0 Å². The van der Waals surface area contributed by atoms with Gasteiger partial charge in [0.05, 0.1) is 5.52 Å². The van der Waals surface area contributed by atoms with Crippen molar-refractivity contribution < 1.29 is 0 Å². The monoisotopic (exact) mass is 303 g/mol. The maximum Gasteiger partial charge on any atom is 0.129 e. The summed E-state index contributed by atoms with van der Waals surface area (Å²) in [5.74, 6) is 2.23. The number of likely N-dealkylation sites (N-methyl/N-ethyl adjacent to an activating group) is 1. The van der Waals surface area contributed by atoms with Crippen LogP contribution in [0, 0.1) is 5.92 Å². The van der Waals surface area contributed by atoms with Crippen molar-refractivity contribution in [3.63, 3.8) is 0 Å². The molecule has 1 saturated heterocycles. The molecule has 4 heteroatoms. The van der Waals surface area contributed by atoms with Crippen LogP contribution in [-0.2, 0) is 5.88 Å². The molecular weight excluding hydrogens is 282 g/mol. The van der Waals surface area contributed by atoms with Crippen molar-refractivity contribution in [2.24, 2.45) is 5.92 Å². The standard InChI is InChI=1S/C17H22ClN3/c1-12-10-21(11-16(12)20(2)3)17-8-13(9-18)14-6-4-5-7-15(14)19-17/h4-8,12,16H,9-11H2,1-3H3. The van der Waals surface area contributed by atoms with Gasteiger partial charge in [-0.05, 0) is 37.7 Å². The number of benzene rings is 1. The Balaban J connectivity index is 1.98. The molecule has 0 N–H and O–H groups in total. The molecule has 2 aromatic rings. The second-order valence-corrected chi connectivity index (χ2v) is 6.47. The van der Waals surface area contributed by atoms with Crippen LogP contribution in [0.3, 0.4) is 0 Å². The molecule has 112 valence electrons. The number of rotatable bonds is 3. The number of halogens is 1. The molecule has 2 unspecified atom stereocenters. The lowest BCUT2D eigenvalue weighted by molar-refractivity contribution is 0.266. The molecule has 3 rings (SSSR count). The smallest absolute Gasteiger partial charge is 0.129 e. The maximum atomic E-state index is 6.14. The minimum Gasteiger partial charge on any atom is -0.355 e. The molecule has 0 spiro atoms. The molecular formula is C17H22ClN3. The fourth-order valence-electron chi connectivity index (χ4n) is 3.31. The molecule has 1 aromatic carbocycles. The summed E-state index contributed by atoms with van der Waals surface area (Å²) in [7, 11) is 4.31. The lowest BCUT2D eigenvalue weighted by Crippen LogP contribution is -2.34. The largest absolute Gasteiger partial charge is 0.355 e. The van der Waals surface area contributed by atoms with Gasteiger partial charge in [0, 0.05) is 30.4 Å². The van der Waals surface area contributed by atoms with Gasteiger partial charge in [-0.2, -0.15) is 0 Å². The van der Waals surface area contributed by atoms with Gasteiger partial charge in [-0.3, -0.25) is 0 Å². The highest BCUT2D eigenvalue weighted by Crippen LogP contribution is 2.29. The van der Waals surface area contributed by atoms with Gasteiger partial charge >= 0.3 is 0 Å². The van der Waals surface area contributed by atoms with Crippen LogP contribution in [0.5, 0.6) is 0 Å². The van der Waals surface area contributed by atoms with E-state index in [-0.39, 0.29) is 0 Å². The summed E-state index contributed by atoms with van der Waals surface area (Å²) >= 11 is 6.14. The van der Waals surface area contributed by atoms with Crippen molar-refractivity contribution in [2.75, 3.05) is 32.1 Å². The fraction of sp³-hybridized carbons (Fsp3) is 0.471. The zero-order chi connectivity index (χ0) is 15.0. The SMILES string of the molecule is CC1CN(c2cc(CCl)c3ccccc3n2)CC1N(C)C. The Labute approximate surface area is 131 Å². The minimum atomic E-state index is 0.524. The van der Waals surface area contributed by atoms with Gasteiger partial charge in [0.2, 0.25) is 0 Å². The Hall–Kier alpha value is -1.32. The second-order valence-electron chi connectivity index (χ2n) is 6.20. The van der Waals surface area contributed by atoms with E-state index in [1.165, 1.54) is 5.56 Å². The van der Waals surface area contributed by atoms with Crippen molar-refractivity contribution in [3.8, 4) is 0 Å². The highest BCUT2D eigenvalue weighted by Gasteiger charge is 2.31. The minimum absolute atomic E-state index is 0.524. The number of fused-ring (bicyclic) bond motifs is 1. The first kappa shape index (κ1) is 14.6. The van der Waals surface area contributed by atoms with Gasteiger partial charge in [0.25, 0.3) is 0 Å². The highest BCUT2D eigenvalue weighted by atomic mass is 35.5. The average Bonchev–Trinajstić information content (AvgIpc) is 2.88. The Morgan fingerprint density at radius 3 is 2.71 bits per heavy atom. The number of para-hydroxylation sites is 1. The van der Waals surface area contributed by atoms with Crippen LogP contribution in [0.25, 0.3) is 10.9 Å². The average molecular weight is 304 g/mol. The number of anilines is 1. The Morgan fingerprint density at radius 1 is 1.29 bits per heavy atom. The maximum absolute atomic E-state index is 6.14. The van der Waals surface area contributed by atoms with Gasteiger partial charge < -0.3 is 9.80 Å². The molecule has 3 nitrogen and oxygen atoms in total. The molecule has 21 heavy (non-hydrogen) atoms. The third kappa shape index (κ3) is 2.72. The predicted molar refractivity (Wildman–Crippen MR) is 90.2 cm³/mol. The molecule has 1 aliphatic heterocycles. The highest BCUT2D eigenvalue weighted by molar-refractivity contribution is 6.18. The molecule has 0 aliphatic carbocycles. The number of hydrogen-bond acceptors (Lipinski definition) is 3. The van der Waals surface area contributed by atoms with E-state index in [9.17, 15) is 0 Å². The van der Waals surface area contributed by atoms with Crippen LogP contribution in [-0.4, -0.2) is 43.1 Å². The van der Waals surface area contributed by atoms with E-state index >= 15 is 0 Å². The van der Waals surface area contributed by atoms with Gasteiger partial charge in [0.1, 0.15) is 5.82 Å². The van der Waals surface area contributed by atoms with Crippen LogP contribution in [0.15, 0.2) is 30.3 Å². The zero-order valence-electron chi connectivity index (χ0n) is 12.9. The molecule has 1 aliphatic rings. The van der Waals surface area contributed by atoms with Crippen LogP contribution in [0.1, 0.15) is 12.5 Å². The quantitative estimate of drug-likeness (QED) is 0.811. The third-order valence-electron chi connectivity index (χ3n) is 4.49. The molecule has 2 atom stereocenters. The molecule has 0 amide bonds. The topological polar surface area (TPSA) is 19.4 Å². The summed E-state index contributed by atoms with van der Waals surface area (Å²) in [6.07, 6.45) is 0. The van der Waals surface area contributed by atoms with Crippen LogP contribution >= 0.6 is 11.6 Å². The van der Waals surface area contributed by atoms with E-state index in [2.05, 4.69) is 49.0 Å². The number of aromatic nitrogens is 1. The van der Waals surface area contributed by atoms with Gasteiger partial charge in [-0.1, -0.05) is 25.1 Å². The summed E-state index contributed by atoms with van der Waals surface area (Å²) in [4.78, 5) is 9.54. The Morgan fingerprint density at radius 2 is 2.05 bits per heavy atom. The lowest BCUT2D eigenvalue weighted by atomic mass is 10.1. The zero-order valence-corrected chi connectivity index (χ0v) is 13.6. The summed E-state index contributed by atoms with van der Waals surface area (Å²) in [5.41, 5.74) is 2.20. The first-order valence-corrected chi connectivity index (χ1v) is 7.99. The molecule has 0 saturated carbocycles. The normalized spacial score (nSPS) is 22.4. The summed E-state index contributed by atoms with van der Waals surface area (Å²) in [6, 6.07) is 11.0. The number of hydrogen-bond donors (Lipinski definition) is 0. The molecule has 1 fully saturated rings. The third-order valence-corrected chi connectivity index (χ3v) is 4.78. The molecule has 1 aromatic heterocycles. The first-order chi connectivity index (χ1) is 10.1. The van der Waals surface area contributed by atoms with Gasteiger partial charge in [0.15, 0.2) is 0 Å². The van der Waals surface area contributed by atoms with Crippen LogP contribution in [0.4, 0.5) is 5.82 Å². The van der Waals surface area contributed by atoms with E-state index in [1.54, 1.807) is 0 Å². The van der Waals surface area contributed by atoms with Crippen molar-refractivity contribution in [1.29, 1.82) is 0 Å². The lowest BCUT2D eigenvalue weighted by Gasteiger charge is -2.23. The Bertz CT molecular complexity index is 641. The van der Waals surface area contributed by atoms with Crippen molar-refractivity contribution >= 4 is 28.3 Å². The summed E-state index contributed by atoms with van der Waals surface area (Å²) in [5, 5.41) is 1.16. The van der Waals surface area contributed by atoms with Crippen molar-refractivity contribution in [1.82, 2.24) is 9.88 Å². The molecule has 2 heterocycles.